The maximum absolute atomic E-state index is 2.47. The molecule has 0 nitrogen and oxygen atoms in total. The van der Waals surface area contributed by atoms with Crippen LogP contribution >= 0.6 is 0 Å². The van der Waals surface area contributed by atoms with Crippen molar-refractivity contribution in [3.05, 3.63) is 157 Å². The van der Waals surface area contributed by atoms with Crippen LogP contribution in [0.4, 0.5) is 0 Å². The Bertz CT molecular complexity index is 2950. The highest BCUT2D eigenvalue weighted by Crippen LogP contribution is 2.48. The van der Waals surface area contributed by atoms with Gasteiger partial charge in [0.1, 0.15) is 0 Å². The summed E-state index contributed by atoms with van der Waals surface area (Å²) >= 11 is 0. The molecule has 50 heavy (non-hydrogen) atoms. The lowest BCUT2D eigenvalue weighted by Gasteiger charge is -2.24. The van der Waals surface area contributed by atoms with Gasteiger partial charge in [-0.1, -0.05) is 166 Å². The minimum atomic E-state index is -0.0392. The Morgan fingerprint density at radius 3 is 1.02 bits per heavy atom. The molecule has 0 atom stereocenters. The van der Waals surface area contributed by atoms with Gasteiger partial charge in [0.25, 0.3) is 0 Å². The van der Waals surface area contributed by atoms with Crippen LogP contribution in [-0.4, -0.2) is 0 Å². The molecule has 0 heterocycles. The van der Waals surface area contributed by atoms with Gasteiger partial charge in [-0.05, 0) is 125 Å². The van der Waals surface area contributed by atoms with E-state index in [-0.39, 0.29) is 5.41 Å². The molecule has 11 aromatic rings. The van der Waals surface area contributed by atoms with E-state index in [2.05, 4.69) is 172 Å². The van der Waals surface area contributed by atoms with Crippen molar-refractivity contribution in [2.45, 2.75) is 26.2 Å². The molecule has 0 aliphatic rings. The van der Waals surface area contributed by atoms with Gasteiger partial charge in [-0.3, -0.25) is 0 Å². The van der Waals surface area contributed by atoms with Crippen LogP contribution in [0, 0.1) is 0 Å². The smallest absolute Gasteiger partial charge is 0.00141 e. The number of benzene rings is 11. The van der Waals surface area contributed by atoms with E-state index in [0.717, 1.165) is 0 Å². The minimum Gasteiger partial charge on any atom is -0.0610 e. The number of fused-ring (bicyclic) bond motifs is 4. The molecule has 0 amide bonds. The molecule has 0 unspecified atom stereocenters. The van der Waals surface area contributed by atoms with E-state index < -0.39 is 0 Å². The average molecular weight is 635 g/mol. The lowest BCUT2D eigenvalue weighted by molar-refractivity contribution is 0.591. The Morgan fingerprint density at radius 1 is 0.300 bits per heavy atom. The molecule has 11 aromatic carbocycles. The van der Waals surface area contributed by atoms with Gasteiger partial charge in [-0.2, -0.15) is 0 Å². The fourth-order valence-electron chi connectivity index (χ4n) is 9.17. The van der Waals surface area contributed by atoms with Crippen molar-refractivity contribution in [2.75, 3.05) is 0 Å². The van der Waals surface area contributed by atoms with Gasteiger partial charge in [0.2, 0.25) is 0 Å². The topological polar surface area (TPSA) is 0 Å². The Kier molecular flexibility index (Phi) is 5.47. The molecule has 11 rings (SSSR count). The standard InChI is InChI=1S/C50H34/c1-50(2,3)35-27-33(36-24-22-31-14-6-18-40-38-16-4-10-29-12-8-20-42(44(29)38)48(36)46(31)40)26-34(28-35)37-25-23-32-15-7-19-41-39-17-5-11-30-13-9-21-43(45(30)39)49(37)47(32)41/h4-28H,1-3H3. The number of hydrogen-bond donors (Lipinski definition) is 0. The molecule has 0 heteroatoms. The van der Waals surface area contributed by atoms with Crippen LogP contribution in [0.3, 0.4) is 0 Å². The molecule has 0 saturated carbocycles. The SMILES string of the molecule is CC(C)(C)c1cc(-c2ccc3cccc4c5cccc6cccc(c2c34)c65)cc(-c2ccc3cccc4c5cccc6cccc(c2c34)c65)c1. The molecule has 0 spiro atoms. The van der Waals surface area contributed by atoms with Crippen molar-refractivity contribution in [3.8, 4) is 22.3 Å². The maximum atomic E-state index is 2.47. The molecule has 0 aromatic heterocycles. The van der Waals surface area contributed by atoms with Crippen molar-refractivity contribution in [1.82, 2.24) is 0 Å². The van der Waals surface area contributed by atoms with Crippen LogP contribution in [0.2, 0.25) is 0 Å². The van der Waals surface area contributed by atoms with Crippen molar-refractivity contribution in [2.24, 2.45) is 0 Å². The number of rotatable bonds is 2. The summed E-state index contributed by atoms with van der Waals surface area (Å²) < 4.78 is 0. The number of hydrogen-bond acceptors (Lipinski definition) is 0. The fraction of sp³-hybridized carbons (Fsp3) is 0.0800. The maximum Gasteiger partial charge on any atom is -0.00141 e. The van der Waals surface area contributed by atoms with E-state index in [0.29, 0.717) is 0 Å². The monoisotopic (exact) mass is 634 g/mol. The second kappa shape index (κ2) is 9.80. The predicted octanol–water partition coefficient (Wildman–Crippen LogP) is 14.4. The van der Waals surface area contributed by atoms with Crippen molar-refractivity contribution in [3.63, 3.8) is 0 Å². The van der Waals surface area contributed by atoms with Gasteiger partial charge >= 0.3 is 0 Å². The molecule has 0 bridgehead atoms. The summed E-state index contributed by atoms with van der Waals surface area (Å²) in [5.74, 6) is 0. The third-order valence-electron chi connectivity index (χ3n) is 11.4. The first-order chi connectivity index (χ1) is 24.4. The summed E-state index contributed by atoms with van der Waals surface area (Å²) in [7, 11) is 0. The molecular formula is C50H34. The van der Waals surface area contributed by atoms with Crippen molar-refractivity contribution >= 4 is 86.2 Å². The van der Waals surface area contributed by atoms with Gasteiger partial charge in [0.15, 0.2) is 0 Å². The van der Waals surface area contributed by atoms with Gasteiger partial charge in [0.05, 0.1) is 0 Å². The van der Waals surface area contributed by atoms with E-state index in [1.807, 2.05) is 0 Å². The molecule has 234 valence electrons. The average Bonchev–Trinajstić information content (AvgIpc) is 3.14. The summed E-state index contributed by atoms with van der Waals surface area (Å²) in [4.78, 5) is 0. The minimum absolute atomic E-state index is 0.0392. The van der Waals surface area contributed by atoms with Crippen LogP contribution in [0.15, 0.2) is 152 Å². The first-order valence-corrected chi connectivity index (χ1v) is 17.8. The molecule has 0 aliphatic carbocycles. The Balaban J connectivity index is 1.29. The van der Waals surface area contributed by atoms with E-state index in [4.69, 9.17) is 0 Å². The molecule has 0 aliphatic heterocycles. The first kappa shape index (κ1) is 27.9. The molecule has 0 N–H and O–H groups in total. The van der Waals surface area contributed by atoms with Gasteiger partial charge < -0.3 is 0 Å². The van der Waals surface area contributed by atoms with Gasteiger partial charge in [-0.15, -0.1) is 0 Å². The van der Waals surface area contributed by atoms with E-state index in [9.17, 15) is 0 Å². The second-order valence-electron chi connectivity index (χ2n) is 15.3. The summed E-state index contributed by atoms with van der Waals surface area (Å²) in [6.45, 7) is 7.03. The van der Waals surface area contributed by atoms with Crippen LogP contribution in [0.5, 0.6) is 0 Å². The highest BCUT2D eigenvalue weighted by atomic mass is 14.3. The fourth-order valence-corrected chi connectivity index (χ4v) is 9.17. The molecule has 0 saturated heterocycles. The first-order valence-electron chi connectivity index (χ1n) is 17.8. The lowest BCUT2D eigenvalue weighted by Crippen LogP contribution is -2.11. The van der Waals surface area contributed by atoms with E-state index in [1.54, 1.807) is 0 Å². The van der Waals surface area contributed by atoms with Gasteiger partial charge in [-0.25, -0.2) is 0 Å². The summed E-state index contributed by atoms with van der Waals surface area (Å²) in [6.07, 6.45) is 0. The molecular weight excluding hydrogens is 601 g/mol. The highest BCUT2D eigenvalue weighted by molar-refractivity contribution is 6.37. The van der Waals surface area contributed by atoms with Gasteiger partial charge in [0, 0.05) is 0 Å². The summed E-state index contributed by atoms with van der Waals surface area (Å²) in [5, 5.41) is 21.3. The quantitative estimate of drug-likeness (QED) is 0.131. The Morgan fingerprint density at radius 2 is 0.640 bits per heavy atom. The summed E-state index contributed by atoms with van der Waals surface area (Å²) in [6, 6.07) is 57.5. The van der Waals surface area contributed by atoms with Crippen molar-refractivity contribution < 1.29 is 0 Å². The molecule has 0 fully saturated rings. The van der Waals surface area contributed by atoms with E-state index >= 15 is 0 Å². The van der Waals surface area contributed by atoms with E-state index in [1.165, 1.54) is 114 Å². The normalized spacial score (nSPS) is 12.7. The lowest BCUT2D eigenvalue weighted by atomic mass is 9.80. The van der Waals surface area contributed by atoms with Crippen molar-refractivity contribution in [1.29, 1.82) is 0 Å². The zero-order valence-electron chi connectivity index (χ0n) is 28.4. The Labute approximate surface area is 290 Å². The van der Waals surface area contributed by atoms with Crippen LogP contribution < -0.4 is 0 Å². The Hall–Kier alpha value is -5.98. The third-order valence-corrected chi connectivity index (χ3v) is 11.4. The summed E-state index contributed by atoms with van der Waals surface area (Å²) in [5.41, 5.74) is 6.43. The second-order valence-corrected chi connectivity index (χ2v) is 15.3. The van der Waals surface area contributed by atoms with Crippen LogP contribution in [-0.2, 0) is 5.41 Å². The zero-order chi connectivity index (χ0) is 33.3. The third kappa shape index (κ3) is 3.71. The van der Waals surface area contributed by atoms with Crippen LogP contribution in [0.1, 0.15) is 26.3 Å². The highest BCUT2D eigenvalue weighted by Gasteiger charge is 2.22. The zero-order valence-corrected chi connectivity index (χ0v) is 28.4. The largest absolute Gasteiger partial charge is 0.0610 e. The molecule has 0 radical (unpaired) electrons. The van der Waals surface area contributed by atoms with Crippen LogP contribution in [0.25, 0.3) is 108 Å². The predicted molar refractivity (Wildman–Crippen MR) is 218 cm³/mol.